The summed E-state index contributed by atoms with van der Waals surface area (Å²) in [4.78, 5) is 19.8. The van der Waals surface area contributed by atoms with E-state index in [2.05, 4.69) is 31.0 Å². The normalized spacial score (nSPS) is 11.0. The van der Waals surface area contributed by atoms with Crippen molar-refractivity contribution in [2.45, 2.75) is 0 Å². The molecule has 0 saturated heterocycles. The van der Waals surface area contributed by atoms with Gasteiger partial charge in [-0.05, 0) is 24.3 Å². The van der Waals surface area contributed by atoms with E-state index in [9.17, 15) is 15.2 Å². The molecule has 1 heterocycles. The second-order valence-corrected chi connectivity index (χ2v) is 8.00. The van der Waals surface area contributed by atoms with E-state index in [1.54, 1.807) is 7.05 Å². The first-order valence-electron chi connectivity index (χ1n) is 9.86. The van der Waals surface area contributed by atoms with Crippen LogP contribution in [0.4, 0.5) is 11.6 Å². The minimum absolute atomic E-state index is 0.118. The monoisotopic (exact) mass is 503 g/mol. The molecule has 0 amide bonds. The number of phenols is 1. The van der Waals surface area contributed by atoms with Crippen LogP contribution < -0.4 is 5.01 Å². The quantitative estimate of drug-likeness (QED) is 0.207. The fourth-order valence-corrected chi connectivity index (χ4v) is 3.33. The summed E-state index contributed by atoms with van der Waals surface area (Å²) >= 11 is 3.45. The molecule has 0 atom stereocenters. The Labute approximate surface area is 198 Å². The van der Waals surface area contributed by atoms with Crippen LogP contribution in [0, 0.1) is 10.1 Å². The molecule has 3 aromatic carbocycles. The Balaban J connectivity index is 1.74. The average Bonchev–Trinajstić information content (AvgIpc) is 2.84. The van der Waals surface area contributed by atoms with E-state index in [4.69, 9.17) is 0 Å². The zero-order valence-corrected chi connectivity index (χ0v) is 19.0. The smallest absolute Gasteiger partial charge is 0.270 e. The number of hydrogen-bond acceptors (Lipinski definition) is 7. The Morgan fingerprint density at radius 1 is 0.970 bits per heavy atom. The number of anilines is 1. The highest BCUT2D eigenvalue weighted by atomic mass is 79.9. The Morgan fingerprint density at radius 2 is 1.61 bits per heavy atom. The van der Waals surface area contributed by atoms with E-state index in [1.807, 2.05) is 60.7 Å². The number of aromatic nitrogens is 2. The SMILES string of the molecule is CN(N=Cc1cc([N+](=O)[O-])ccc1O)c1nc(-c2ccccc2)cc(-c2ccc(Br)cc2)n1. The lowest BCUT2D eigenvalue weighted by Gasteiger charge is -2.14. The van der Waals surface area contributed by atoms with Crippen molar-refractivity contribution in [2.24, 2.45) is 5.10 Å². The highest BCUT2D eigenvalue weighted by molar-refractivity contribution is 9.10. The van der Waals surface area contributed by atoms with E-state index >= 15 is 0 Å². The summed E-state index contributed by atoms with van der Waals surface area (Å²) in [6.07, 6.45) is 1.33. The van der Waals surface area contributed by atoms with Crippen molar-refractivity contribution < 1.29 is 10.0 Å². The van der Waals surface area contributed by atoms with E-state index < -0.39 is 4.92 Å². The van der Waals surface area contributed by atoms with E-state index in [-0.39, 0.29) is 17.0 Å². The van der Waals surface area contributed by atoms with Crippen LogP contribution in [0.1, 0.15) is 5.56 Å². The number of rotatable bonds is 6. The van der Waals surface area contributed by atoms with Gasteiger partial charge in [-0.3, -0.25) is 10.1 Å². The van der Waals surface area contributed by atoms with Crippen LogP contribution in [0.15, 0.2) is 88.4 Å². The summed E-state index contributed by atoms with van der Waals surface area (Å²) in [5, 5.41) is 26.8. The number of non-ortho nitro benzene ring substituents is 1. The fourth-order valence-electron chi connectivity index (χ4n) is 3.06. The van der Waals surface area contributed by atoms with Crippen molar-refractivity contribution in [3.8, 4) is 28.3 Å². The highest BCUT2D eigenvalue weighted by Crippen LogP contribution is 2.27. The maximum absolute atomic E-state index is 11.0. The molecule has 33 heavy (non-hydrogen) atoms. The lowest BCUT2D eigenvalue weighted by molar-refractivity contribution is -0.384. The van der Waals surface area contributed by atoms with Gasteiger partial charge in [-0.15, -0.1) is 0 Å². The fraction of sp³-hybridized carbons (Fsp3) is 0.0417. The third kappa shape index (κ3) is 5.21. The zero-order chi connectivity index (χ0) is 23.4. The highest BCUT2D eigenvalue weighted by Gasteiger charge is 2.13. The third-order valence-electron chi connectivity index (χ3n) is 4.81. The van der Waals surface area contributed by atoms with Crippen molar-refractivity contribution in [2.75, 3.05) is 12.1 Å². The molecule has 4 rings (SSSR count). The molecule has 0 spiro atoms. The van der Waals surface area contributed by atoms with E-state index in [1.165, 1.54) is 29.4 Å². The first-order valence-corrected chi connectivity index (χ1v) is 10.7. The van der Waals surface area contributed by atoms with Crippen LogP contribution in [0.5, 0.6) is 5.75 Å². The van der Waals surface area contributed by atoms with Gasteiger partial charge in [0.05, 0.1) is 22.5 Å². The summed E-state index contributed by atoms with van der Waals surface area (Å²) in [5.41, 5.74) is 3.34. The average molecular weight is 504 g/mol. The molecule has 0 aliphatic carbocycles. The molecule has 0 unspecified atom stereocenters. The number of hydrazone groups is 1. The summed E-state index contributed by atoms with van der Waals surface area (Å²) in [7, 11) is 1.67. The molecule has 9 heteroatoms. The number of hydrogen-bond donors (Lipinski definition) is 1. The predicted octanol–water partition coefficient (Wildman–Crippen LogP) is 5.66. The topological polar surface area (TPSA) is 105 Å². The molecule has 164 valence electrons. The molecular formula is C24H18BrN5O3. The number of aromatic hydroxyl groups is 1. The first kappa shape index (κ1) is 22.1. The third-order valence-corrected chi connectivity index (χ3v) is 5.33. The van der Waals surface area contributed by atoms with Gasteiger partial charge in [0.25, 0.3) is 5.69 Å². The molecule has 1 aromatic heterocycles. The predicted molar refractivity (Wildman–Crippen MR) is 131 cm³/mol. The lowest BCUT2D eigenvalue weighted by Crippen LogP contribution is -2.13. The summed E-state index contributed by atoms with van der Waals surface area (Å²) in [6.45, 7) is 0. The number of phenolic OH excluding ortho intramolecular Hbond substituents is 1. The lowest BCUT2D eigenvalue weighted by atomic mass is 10.1. The minimum atomic E-state index is -0.530. The molecular weight excluding hydrogens is 486 g/mol. The molecule has 0 fully saturated rings. The Morgan fingerprint density at radius 3 is 2.24 bits per heavy atom. The Bertz CT molecular complexity index is 1330. The van der Waals surface area contributed by atoms with Crippen LogP contribution in [-0.4, -0.2) is 33.3 Å². The van der Waals surface area contributed by atoms with Crippen molar-refractivity contribution in [3.63, 3.8) is 0 Å². The molecule has 4 aromatic rings. The van der Waals surface area contributed by atoms with Crippen LogP contribution in [0.2, 0.25) is 0 Å². The minimum Gasteiger partial charge on any atom is -0.507 e. The van der Waals surface area contributed by atoms with Crippen LogP contribution >= 0.6 is 15.9 Å². The van der Waals surface area contributed by atoms with Crippen molar-refractivity contribution in [1.29, 1.82) is 0 Å². The Hall–Kier alpha value is -4.11. The molecule has 8 nitrogen and oxygen atoms in total. The van der Waals surface area contributed by atoms with Gasteiger partial charge in [0.1, 0.15) is 5.75 Å². The van der Waals surface area contributed by atoms with Crippen LogP contribution in [0.3, 0.4) is 0 Å². The van der Waals surface area contributed by atoms with Crippen molar-refractivity contribution >= 4 is 33.8 Å². The van der Waals surface area contributed by atoms with E-state index in [0.29, 0.717) is 11.6 Å². The molecule has 0 aliphatic heterocycles. The molecule has 0 saturated carbocycles. The molecule has 0 bridgehead atoms. The van der Waals surface area contributed by atoms with Crippen molar-refractivity contribution in [3.05, 3.63) is 99.0 Å². The van der Waals surface area contributed by atoms with Gasteiger partial charge in [0, 0.05) is 40.3 Å². The zero-order valence-electron chi connectivity index (χ0n) is 17.5. The second kappa shape index (κ2) is 9.58. The molecule has 0 radical (unpaired) electrons. The summed E-state index contributed by atoms with van der Waals surface area (Å²) < 4.78 is 0.960. The second-order valence-electron chi connectivity index (χ2n) is 7.08. The van der Waals surface area contributed by atoms with Gasteiger partial charge in [-0.25, -0.2) is 15.0 Å². The number of nitro benzene ring substituents is 1. The number of halogens is 1. The van der Waals surface area contributed by atoms with Crippen LogP contribution in [0.25, 0.3) is 22.5 Å². The molecule has 1 N–H and O–H groups in total. The number of benzene rings is 3. The van der Waals surface area contributed by atoms with E-state index in [0.717, 1.165) is 21.3 Å². The summed E-state index contributed by atoms with van der Waals surface area (Å²) in [5.74, 6) is 0.211. The maximum Gasteiger partial charge on any atom is 0.270 e. The van der Waals surface area contributed by atoms with Crippen molar-refractivity contribution in [1.82, 2.24) is 9.97 Å². The Kier molecular flexibility index (Phi) is 6.41. The van der Waals surface area contributed by atoms with Crippen LogP contribution in [-0.2, 0) is 0 Å². The number of nitrogens with zero attached hydrogens (tertiary/aromatic N) is 5. The van der Waals surface area contributed by atoms with Gasteiger partial charge < -0.3 is 5.11 Å². The van der Waals surface area contributed by atoms with Gasteiger partial charge >= 0.3 is 0 Å². The maximum atomic E-state index is 11.0. The number of nitro groups is 1. The van der Waals surface area contributed by atoms with Gasteiger partial charge in [0.15, 0.2) is 0 Å². The first-order chi connectivity index (χ1) is 15.9. The van der Waals surface area contributed by atoms with Gasteiger partial charge in [-0.1, -0.05) is 58.4 Å². The van der Waals surface area contributed by atoms with Gasteiger partial charge in [0.2, 0.25) is 5.95 Å². The largest absolute Gasteiger partial charge is 0.507 e. The summed E-state index contributed by atoms with van der Waals surface area (Å²) in [6, 6.07) is 23.2. The van der Waals surface area contributed by atoms with Gasteiger partial charge in [-0.2, -0.15) is 5.10 Å². The molecule has 0 aliphatic rings. The standard InChI is InChI=1S/C24H18BrN5O3/c1-29(26-15-18-13-20(30(32)33)11-12-23(18)31)24-27-21(16-5-3-2-4-6-16)14-22(28-24)17-7-9-19(25)10-8-17/h2-15,31H,1H3.